The van der Waals surface area contributed by atoms with Gasteiger partial charge in [-0.1, -0.05) is 24.3 Å². The molecule has 0 fully saturated rings. The Bertz CT molecular complexity index is 416. The third-order valence-electron chi connectivity index (χ3n) is 2.18. The van der Waals surface area contributed by atoms with Crippen LogP contribution in [-0.2, 0) is 0 Å². The van der Waals surface area contributed by atoms with Gasteiger partial charge in [0.05, 0.1) is 0 Å². The van der Waals surface area contributed by atoms with E-state index in [0.717, 1.165) is 11.3 Å². The lowest BCUT2D eigenvalue weighted by atomic mass is 10.0. The SMILES string of the molecule is Cc1ccccc1-c1[c]n[nH]c1C. The molecule has 0 unspecified atom stereocenters. The molecule has 0 aliphatic heterocycles. The first-order chi connectivity index (χ1) is 6.29. The lowest BCUT2D eigenvalue weighted by molar-refractivity contribution is 1.04. The fourth-order valence-electron chi connectivity index (χ4n) is 1.42. The third kappa shape index (κ3) is 1.35. The number of aromatic nitrogens is 2. The van der Waals surface area contributed by atoms with Crippen molar-refractivity contribution < 1.29 is 0 Å². The number of hydrogen-bond acceptors (Lipinski definition) is 1. The molecule has 0 aliphatic rings. The summed E-state index contributed by atoms with van der Waals surface area (Å²) in [5, 5.41) is 6.78. The molecule has 2 heteroatoms. The topological polar surface area (TPSA) is 28.7 Å². The Hall–Kier alpha value is -1.57. The van der Waals surface area contributed by atoms with Gasteiger partial charge >= 0.3 is 0 Å². The number of aromatic amines is 1. The Morgan fingerprint density at radius 2 is 2.00 bits per heavy atom. The normalized spacial score (nSPS) is 10.3. The molecule has 13 heavy (non-hydrogen) atoms. The van der Waals surface area contributed by atoms with Gasteiger partial charge < -0.3 is 0 Å². The minimum absolute atomic E-state index is 1.06. The minimum atomic E-state index is 1.06. The van der Waals surface area contributed by atoms with Crippen LogP contribution in [0.2, 0.25) is 0 Å². The van der Waals surface area contributed by atoms with Crippen LogP contribution in [0.5, 0.6) is 0 Å². The summed E-state index contributed by atoms with van der Waals surface area (Å²) in [4.78, 5) is 0. The zero-order chi connectivity index (χ0) is 9.26. The summed E-state index contributed by atoms with van der Waals surface area (Å²) in [6.45, 7) is 4.10. The van der Waals surface area contributed by atoms with Crippen LogP contribution in [0.15, 0.2) is 24.3 Å². The van der Waals surface area contributed by atoms with Crippen molar-refractivity contribution in [1.29, 1.82) is 0 Å². The zero-order valence-corrected chi connectivity index (χ0v) is 7.76. The molecule has 2 aromatic rings. The molecule has 0 atom stereocenters. The number of aryl methyl sites for hydroxylation is 2. The molecular formula is C11H11N2. The molecule has 1 aromatic carbocycles. The van der Waals surface area contributed by atoms with Gasteiger partial charge in [0.25, 0.3) is 0 Å². The van der Waals surface area contributed by atoms with E-state index in [2.05, 4.69) is 35.5 Å². The third-order valence-corrected chi connectivity index (χ3v) is 2.18. The van der Waals surface area contributed by atoms with Crippen LogP contribution in [0.25, 0.3) is 11.1 Å². The van der Waals surface area contributed by atoms with Crippen LogP contribution in [0.4, 0.5) is 0 Å². The predicted molar refractivity (Wildman–Crippen MR) is 52.3 cm³/mol. The second-order valence-corrected chi connectivity index (χ2v) is 3.15. The standard InChI is InChI=1S/C11H11N2/c1-8-5-3-4-6-10(8)11-7-12-13-9(11)2/h3-6H,1-2H3,(H,12,13). The molecule has 0 saturated heterocycles. The predicted octanol–water partition coefficient (Wildman–Crippen LogP) is 2.49. The highest BCUT2D eigenvalue weighted by Crippen LogP contribution is 2.23. The van der Waals surface area contributed by atoms with Crippen LogP contribution in [0, 0.1) is 20.0 Å². The zero-order valence-electron chi connectivity index (χ0n) is 7.76. The van der Waals surface area contributed by atoms with Gasteiger partial charge in [0.15, 0.2) is 0 Å². The molecular weight excluding hydrogens is 160 g/mol. The fraction of sp³-hybridized carbons (Fsp3) is 0.182. The van der Waals surface area contributed by atoms with Gasteiger partial charge in [0.1, 0.15) is 6.20 Å². The van der Waals surface area contributed by atoms with Crippen molar-refractivity contribution in [3.05, 3.63) is 41.7 Å². The number of nitrogens with one attached hydrogen (secondary N) is 1. The monoisotopic (exact) mass is 171 g/mol. The van der Waals surface area contributed by atoms with Crippen molar-refractivity contribution >= 4 is 0 Å². The van der Waals surface area contributed by atoms with Gasteiger partial charge in [-0.05, 0) is 25.0 Å². The van der Waals surface area contributed by atoms with Crippen molar-refractivity contribution in [2.45, 2.75) is 13.8 Å². The van der Waals surface area contributed by atoms with Gasteiger partial charge in [-0.25, -0.2) is 0 Å². The Balaban J connectivity index is 2.59. The van der Waals surface area contributed by atoms with E-state index in [1.807, 2.05) is 19.1 Å². The van der Waals surface area contributed by atoms with E-state index in [4.69, 9.17) is 0 Å². The second-order valence-electron chi connectivity index (χ2n) is 3.15. The molecule has 0 aliphatic carbocycles. The molecule has 0 bridgehead atoms. The Morgan fingerprint density at radius 1 is 1.23 bits per heavy atom. The second kappa shape index (κ2) is 3.05. The number of benzene rings is 1. The van der Waals surface area contributed by atoms with E-state index in [-0.39, 0.29) is 0 Å². The van der Waals surface area contributed by atoms with Gasteiger partial charge in [-0.3, -0.25) is 5.10 Å². The van der Waals surface area contributed by atoms with Gasteiger partial charge in [0, 0.05) is 11.3 Å². The Labute approximate surface area is 77.6 Å². The maximum absolute atomic E-state index is 3.89. The highest BCUT2D eigenvalue weighted by molar-refractivity contribution is 5.67. The lowest BCUT2D eigenvalue weighted by Gasteiger charge is -2.02. The smallest absolute Gasteiger partial charge is 0.121 e. The molecule has 65 valence electrons. The Morgan fingerprint density at radius 3 is 2.62 bits per heavy atom. The quantitative estimate of drug-likeness (QED) is 0.701. The highest BCUT2D eigenvalue weighted by atomic mass is 15.1. The molecule has 1 radical (unpaired) electrons. The van der Waals surface area contributed by atoms with E-state index < -0.39 is 0 Å². The molecule has 2 nitrogen and oxygen atoms in total. The summed E-state index contributed by atoms with van der Waals surface area (Å²) in [5.74, 6) is 0. The first kappa shape index (κ1) is 8.05. The average Bonchev–Trinajstić information content (AvgIpc) is 2.52. The Kier molecular flexibility index (Phi) is 1.89. The largest absolute Gasteiger partial charge is 0.282 e. The summed E-state index contributed by atoms with van der Waals surface area (Å²) >= 11 is 0. The molecule has 0 saturated carbocycles. The number of H-pyrrole nitrogens is 1. The van der Waals surface area contributed by atoms with Crippen molar-refractivity contribution in [2.24, 2.45) is 0 Å². The summed E-state index contributed by atoms with van der Waals surface area (Å²) in [7, 11) is 0. The van der Waals surface area contributed by atoms with E-state index in [1.165, 1.54) is 11.1 Å². The summed E-state index contributed by atoms with van der Waals surface area (Å²) < 4.78 is 0. The van der Waals surface area contributed by atoms with Gasteiger partial charge in [0.2, 0.25) is 0 Å². The number of rotatable bonds is 1. The maximum Gasteiger partial charge on any atom is 0.121 e. The van der Waals surface area contributed by atoms with Crippen molar-refractivity contribution in [1.82, 2.24) is 10.2 Å². The van der Waals surface area contributed by atoms with Crippen LogP contribution in [0.1, 0.15) is 11.3 Å². The molecule has 0 spiro atoms. The van der Waals surface area contributed by atoms with Crippen LogP contribution in [-0.4, -0.2) is 10.2 Å². The minimum Gasteiger partial charge on any atom is -0.282 e. The fourth-order valence-corrected chi connectivity index (χ4v) is 1.42. The van der Waals surface area contributed by atoms with Crippen LogP contribution >= 0.6 is 0 Å². The lowest BCUT2D eigenvalue weighted by Crippen LogP contribution is -1.82. The number of nitrogens with zero attached hydrogens (tertiary/aromatic N) is 1. The maximum atomic E-state index is 3.89. The van der Waals surface area contributed by atoms with Crippen molar-refractivity contribution in [3.8, 4) is 11.1 Å². The van der Waals surface area contributed by atoms with E-state index in [1.54, 1.807) is 0 Å². The van der Waals surface area contributed by atoms with Crippen molar-refractivity contribution in [2.75, 3.05) is 0 Å². The van der Waals surface area contributed by atoms with Crippen LogP contribution < -0.4 is 0 Å². The first-order valence-corrected chi connectivity index (χ1v) is 4.27. The molecule has 0 amide bonds. The van der Waals surface area contributed by atoms with E-state index >= 15 is 0 Å². The molecule has 1 heterocycles. The van der Waals surface area contributed by atoms with E-state index in [0.29, 0.717) is 0 Å². The van der Waals surface area contributed by atoms with Gasteiger partial charge in [-0.2, -0.15) is 5.10 Å². The van der Waals surface area contributed by atoms with Crippen molar-refractivity contribution in [3.63, 3.8) is 0 Å². The van der Waals surface area contributed by atoms with E-state index in [9.17, 15) is 0 Å². The van der Waals surface area contributed by atoms with Gasteiger partial charge in [-0.15, -0.1) is 0 Å². The molecule has 2 rings (SSSR count). The van der Waals surface area contributed by atoms with Crippen LogP contribution in [0.3, 0.4) is 0 Å². The molecule has 1 aromatic heterocycles. The highest BCUT2D eigenvalue weighted by Gasteiger charge is 2.05. The first-order valence-electron chi connectivity index (χ1n) is 4.27. The average molecular weight is 171 g/mol. The summed E-state index contributed by atoms with van der Waals surface area (Å²) in [6.07, 6.45) is 2.96. The number of hydrogen-bond donors (Lipinski definition) is 1. The summed E-state index contributed by atoms with van der Waals surface area (Å²) in [6, 6.07) is 8.25. The summed E-state index contributed by atoms with van der Waals surface area (Å²) in [5.41, 5.74) is 4.59. The molecule has 1 N–H and O–H groups in total.